The maximum Gasteiger partial charge on any atom is 0.266 e. The van der Waals surface area contributed by atoms with E-state index in [0.29, 0.717) is 5.69 Å². The van der Waals surface area contributed by atoms with Crippen molar-refractivity contribution < 1.29 is 4.79 Å². The molecule has 3 rings (SSSR count). The summed E-state index contributed by atoms with van der Waals surface area (Å²) in [6.45, 7) is 3.85. The first-order valence-corrected chi connectivity index (χ1v) is 7.65. The predicted molar refractivity (Wildman–Crippen MR) is 96.4 cm³/mol. The van der Waals surface area contributed by atoms with Crippen LogP contribution in [0, 0.1) is 25.2 Å². The summed E-state index contributed by atoms with van der Waals surface area (Å²) in [5.74, 6) is -0.411. The quantitative estimate of drug-likeness (QED) is 0.558. The molecule has 0 unspecified atom stereocenters. The molecule has 2 aromatic carbocycles. The Bertz CT molecular complexity index is 990. The first-order valence-electron chi connectivity index (χ1n) is 7.65. The third kappa shape index (κ3) is 3.21. The number of aromatic nitrogens is 1. The normalized spacial score (nSPS) is 11.3. The van der Waals surface area contributed by atoms with Crippen LogP contribution in [0.4, 0.5) is 5.69 Å². The molecule has 1 aromatic heterocycles. The summed E-state index contributed by atoms with van der Waals surface area (Å²) in [5.41, 5.74) is 3.51. The molecule has 0 radical (unpaired) electrons. The maximum absolute atomic E-state index is 12.4. The van der Waals surface area contributed by atoms with Crippen LogP contribution in [0.5, 0.6) is 0 Å². The number of carbonyl (C=O) groups excluding carboxylic acids is 1. The number of nitrogens with one attached hydrogen (secondary N) is 2. The number of hydrogen-bond donors (Lipinski definition) is 2. The van der Waals surface area contributed by atoms with Crippen molar-refractivity contribution in [1.82, 2.24) is 4.98 Å². The Kier molecular flexibility index (Phi) is 4.17. The summed E-state index contributed by atoms with van der Waals surface area (Å²) in [6, 6.07) is 17.5. The number of aromatic amines is 1. The van der Waals surface area contributed by atoms with E-state index in [4.69, 9.17) is 0 Å². The van der Waals surface area contributed by atoms with Crippen molar-refractivity contribution in [3.63, 3.8) is 0 Å². The Morgan fingerprint density at radius 2 is 1.88 bits per heavy atom. The number of nitrogens with zero attached hydrogens (tertiary/aromatic N) is 1. The van der Waals surface area contributed by atoms with Crippen molar-refractivity contribution in [2.75, 3.05) is 5.32 Å². The standard InChI is InChI=1S/C20H17N3O/c1-13-9-17(14(2)22-13)10-18(12-21)20(24)23-19-8-7-15-5-3-4-6-16(15)11-19/h3-11,22H,1-2H3,(H,23,24). The zero-order valence-electron chi connectivity index (χ0n) is 13.6. The van der Waals surface area contributed by atoms with Crippen molar-refractivity contribution in [3.8, 4) is 6.07 Å². The SMILES string of the molecule is Cc1cc(C=C(C#N)C(=O)Nc2ccc3ccccc3c2)c(C)[nH]1. The van der Waals surface area contributed by atoms with Crippen LogP contribution in [0.3, 0.4) is 0 Å². The van der Waals surface area contributed by atoms with Gasteiger partial charge in [-0.2, -0.15) is 5.26 Å². The molecule has 1 heterocycles. The van der Waals surface area contributed by atoms with Crippen molar-refractivity contribution >= 4 is 28.4 Å². The first-order chi connectivity index (χ1) is 11.6. The van der Waals surface area contributed by atoms with Gasteiger partial charge in [-0.25, -0.2) is 0 Å². The number of hydrogen-bond acceptors (Lipinski definition) is 2. The van der Waals surface area contributed by atoms with Crippen LogP contribution in [0.2, 0.25) is 0 Å². The average Bonchev–Trinajstić information content (AvgIpc) is 2.89. The van der Waals surface area contributed by atoms with Crippen LogP contribution in [0.1, 0.15) is 17.0 Å². The summed E-state index contributed by atoms with van der Waals surface area (Å²) in [6.07, 6.45) is 1.61. The van der Waals surface area contributed by atoms with Gasteiger partial charge in [-0.1, -0.05) is 30.3 Å². The number of carbonyl (C=O) groups is 1. The Balaban J connectivity index is 1.86. The Morgan fingerprint density at radius 3 is 2.54 bits per heavy atom. The molecule has 118 valence electrons. The second kappa shape index (κ2) is 6.43. The van der Waals surface area contributed by atoms with Crippen LogP contribution < -0.4 is 5.32 Å². The molecule has 0 atom stereocenters. The number of fused-ring (bicyclic) bond motifs is 1. The molecule has 0 aliphatic heterocycles. The van der Waals surface area contributed by atoms with E-state index in [-0.39, 0.29) is 5.57 Å². The summed E-state index contributed by atoms with van der Waals surface area (Å²) in [7, 11) is 0. The Hall–Kier alpha value is -3.32. The molecule has 0 fully saturated rings. The number of rotatable bonds is 3. The first kappa shape index (κ1) is 15.6. The molecule has 0 aliphatic rings. The molecule has 0 saturated heterocycles. The molecule has 24 heavy (non-hydrogen) atoms. The smallest absolute Gasteiger partial charge is 0.266 e. The summed E-state index contributed by atoms with van der Waals surface area (Å²) in [5, 5.41) is 14.2. The minimum absolute atomic E-state index is 0.0743. The molecule has 0 spiro atoms. The highest BCUT2D eigenvalue weighted by atomic mass is 16.1. The van der Waals surface area contributed by atoms with E-state index in [1.807, 2.05) is 68.4 Å². The third-order valence-corrected chi connectivity index (χ3v) is 3.86. The zero-order valence-corrected chi connectivity index (χ0v) is 13.6. The third-order valence-electron chi connectivity index (χ3n) is 3.86. The summed E-state index contributed by atoms with van der Waals surface area (Å²) >= 11 is 0. The van der Waals surface area contributed by atoms with Gasteiger partial charge in [0.2, 0.25) is 0 Å². The average molecular weight is 315 g/mol. The monoisotopic (exact) mass is 315 g/mol. The zero-order chi connectivity index (χ0) is 17.1. The molecule has 4 nitrogen and oxygen atoms in total. The molecular weight excluding hydrogens is 298 g/mol. The van der Waals surface area contributed by atoms with Crippen molar-refractivity contribution in [3.05, 3.63) is 71.1 Å². The second-order valence-corrected chi connectivity index (χ2v) is 5.72. The van der Waals surface area contributed by atoms with Gasteiger partial charge in [0.25, 0.3) is 5.91 Å². The van der Waals surface area contributed by atoms with Crippen molar-refractivity contribution in [2.24, 2.45) is 0 Å². The minimum Gasteiger partial charge on any atom is -0.362 e. The van der Waals surface area contributed by atoms with Gasteiger partial charge in [0.05, 0.1) is 0 Å². The van der Waals surface area contributed by atoms with E-state index < -0.39 is 5.91 Å². The number of benzene rings is 2. The lowest BCUT2D eigenvalue weighted by atomic mass is 10.1. The highest BCUT2D eigenvalue weighted by Crippen LogP contribution is 2.20. The number of nitriles is 1. The van der Waals surface area contributed by atoms with Gasteiger partial charge in [0, 0.05) is 17.1 Å². The van der Waals surface area contributed by atoms with Crippen molar-refractivity contribution in [2.45, 2.75) is 13.8 Å². The lowest BCUT2D eigenvalue weighted by molar-refractivity contribution is -0.112. The van der Waals surface area contributed by atoms with E-state index in [0.717, 1.165) is 27.7 Å². The van der Waals surface area contributed by atoms with Gasteiger partial charge in [0.15, 0.2) is 0 Å². The number of amides is 1. The van der Waals surface area contributed by atoms with Crippen LogP contribution in [-0.4, -0.2) is 10.9 Å². The van der Waals surface area contributed by atoms with E-state index in [2.05, 4.69) is 10.3 Å². The molecular formula is C20H17N3O. The molecule has 3 aromatic rings. The molecule has 2 N–H and O–H groups in total. The summed E-state index contributed by atoms with van der Waals surface area (Å²) < 4.78 is 0. The van der Waals surface area contributed by atoms with E-state index >= 15 is 0 Å². The fourth-order valence-corrected chi connectivity index (χ4v) is 2.67. The van der Waals surface area contributed by atoms with Gasteiger partial charge in [-0.05, 0) is 54.5 Å². The highest BCUT2D eigenvalue weighted by molar-refractivity contribution is 6.10. The van der Waals surface area contributed by atoms with Crippen LogP contribution in [0.25, 0.3) is 16.8 Å². The lowest BCUT2D eigenvalue weighted by Crippen LogP contribution is -2.13. The second-order valence-electron chi connectivity index (χ2n) is 5.72. The number of anilines is 1. The Morgan fingerprint density at radius 1 is 1.12 bits per heavy atom. The fourth-order valence-electron chi connectivity index (χ4n) is 2.67. The largest absolute Gasteiger partial charge is 0.362 e. The van der Waals surface area contributed by atoms with Gasteiger partial charge in [0.1, 0.15) is 11.6 Å². The maximum atomic E-state index is 12.4. The molecule has 0 aliphatic carbocycles. The molecule has 0 bridgehead atoms. The van der Waals surface area contributed by atoms with Gasteiger partial charge < -0.3 is 10.3 Å². The van der Waals surface area contributed by atoms with Crippen molar-refractivity contribution in [1.29, 1.82) is 5.26 Å². The van der Waals surface area contributed by atoms with Crippen LogP contribution in [0.15, 0.2) is 54.1 Å². The number of aryl methyl sites for hydroxylation is 2. The van der Waals surface area contributed by atoms with Gasteiger partial charge in [-0.3, -0.25) is 4.79 Å². The predicted octanol–water partition coefficient (Wildman–Crippen LogP) is 4.33. The van der Waals surface area contributed by atoms with E-state index in [1.54, 1.807) is 6.08 Å². The van der Waals surface area contributed by atoms with Crippen LogP contribution in [-0.2, 0) is 4.79 Å². The van der Waals surface area contributed by atoms with E-state index in [1.165, 1.54) is 0 Å². The minimum atomic E-state index is -0.411. The topological polar surface area (TPSA) is 68.7 Å². The number of H-pyrrole nitrogens is 1. The summed E-state index contributed by atoms with van der Waals surface area (Å²) in [4.78, 5) is 15.6. The van der Waals surface area contributed by atoms with Gasteiger partial charge in [-0.15, -0.1) is 0 Å². The molecule has 4 heteroatoms. The van der Waals surface area contributed by atoms with Crippen LogP contribution >= 0.6 is 0 Å². The van der Waals surface area contributed by atoms with E-state index in [9.17, 15) is 10.1 Å². The highest BCUT2D eigenvalue weighted by Gasteiger charge is 2.11. The van der Waals surface area contributed by atoms with Gasteiger partial charge >= 0.3 is 0 Å². The fraction of sp³-hybridized carbons (Fsp3) is 0.100. The Labute approximate surface area is 140 Å². The molecule has 0 saturated carbocycles. The molecule has 1 amide bonds. The lowest BCUT2D eigenvalue weighted by Gasteiger charge is -2.06.